The number of Topliss-reactive ketones (excluding diaryl/α,β-unsaturated/α-hetero) is 1. The number of rotatable bonds is 3. The molecule has 0 aliphatic rings. The van der Waals surface area contributed by atoms with Gasteiger partial charge in [-0.05, 0) is 19.1 Å². The molecule has 6 nitrogen and oxygen atoms in total. The minimum atomic E-state index is -1.47. The maximum atomic E-state index is 11.1. The van der Waals surface area contributed by atoms with E-state index in [1.54, 1.807) is 0 Å². The number of carboxylic acid groups (broad SMARTS) is 2. The van der Waals surface area contributed by atoms with Gasteiger partial charge in [-0.25, -0.2) is 9.59 Å². The summed E-state index contributed by atoms with van der Waals surface area (Å²) in [5.41, 5.74) is 4.15. The second-order valence-electron chi connectivity index (χ2n) is 3.12. The Kier molecular flexibility index (Phi) is 2.94. The summed E-state index contributed by atoms with van der Waals surface area (Å²) in [5, 5.41) is 17.6. The van der Waals surface area contributed by atoms with Crippen LogP contribution in [0.1, 0.15) is 38.0 Å². The van der Waals surface area contributed by atoms with Gasteiger partial charge in [0.2, 0.25) is 0 Å². The lowest BCUT2D eigenvalue weighted by atomic mass is 9.99. The third-order valence-corrected chi connectivity index (χ3v) is 2.07. The third kappa shape index (κ3) is 1.85. The lowest BCUT2D eigenvalue weighted by molar-refractivity contribution is 0.0652. The van der Waals surface area contributed by atoms with Crippen molar-refractivity contribution < 1.29 is 24.6 Å². The van der Waals surface area contributed by atoms with Gasteiger partial charge in [-0.15, -0.1) is 0 Å². The topological polar surface area (TPSA) is 118 Å². The largest absolute Gasteiger partial charge is 0.478 e. The van der Waals surface area contributed by atoms with E-state index in [0.29, 0.717) is 0 Å². The van der Waals surface area contributed by atoms with Gasteiger partial charge < -0.3 is 15.9 Å². The monoisotopic (exact) mass is 223 g/mol. The van der Waals surface area contributed by atoms with Crippen molar-refractivity contribution in [1.82, 2.24) is 0 Å². The maximum absolute atomic E-state index is 11.1. The minimum absolute atomic E-state index is 0.00222. The number of aromatic carboxylic acids is 2. The highest BCUT2D eigenvalue weighted by atomic mass is 16.4. The number of ketones is 1. The van der Waals surface area contributed by atoms with Crippen LogP contribution in [0.25, 0.3) is 0 Å². The van der Waals surface area contributed by atoms with Crippen LogP contribution in [0.3, 0.4) is 0 Å². The molecule has 0 spiro atoms. The molecule has 1 aromatic rings. The van der Waals surface area contributed by atoms with E-state index >= 15 is 0 Å². The van der Waals surface area contributed by atoms with Gasteiger partial charge in [0.25, 0.3) is 0 Å². The smallest absolute Gasteiger partial charge is 0.338 e. The molecule has 0 fully saturated rings. The molecule has 0 aromatic heterocycles. The number of carboxylic acids is 2. The minimum Gasteiger partial charge on any atom is -0.478 e. The summed E-state index contributed by atoms with van der Waals surface area (Å²) >= 11 is 0. The van der Waals surface area contributed by atoms with E-state index in [-0.39, 0.29) is 11.3 Å². The molecule has 0 radical (unpaired) electrons. The SMILES string of the molecule is CC(=O)c1ccc(C(=O)O)c(C(=O)O)c1N. The van der Waals surface area contributed by atoms with Crippen LogP contribution in [0.5, 0.6) is 0 Å². The summed E-state index contributed by atoms with van der Waals surface area (Å²) in [7, 11) is 0. The van der Waals surface area contributed by atoms with Crippen molar-refractivity contribution in [2.24, 2.45) is 0 Å². The van der Waals surface area contributed by atoms with E-state index in [9.17, 15) is 14.4 Å². The molecule has 84 valence electrons. The first-order valence-corrected chi connectivity index (χ1v) is 4.26. The number of nitrogen functional groups attached to an aromatic ring is 1. The molecule has 0 atom stereocenters. The van der Waals surface area contributed by atoms with Gasteiger partial charge in [0.15, 0.2) is 5.78 Å². The molecule has 1 rings (SSSR count). The zero-order valence-corrected chi connectivity index (χ0v) is 8.35. The van der Waals surface area contributed by atoms with Gasteiger partial charge in [-0.2, -0.15) is 0 Å². The molecule has 1 aromatic carbocycles. The van der Waals surface area contributed by atoms with Crippen LogP contribution in [0.15, 0.2) is 12.1 Å². The summed E-state index contributed by atoms with van der Waals surface area (Å²) in [5.74, 6) is -3.30. The number of hydrogen-bond donors (Lipinski definition) is 3. The number of hydrogen-bond acceptors (Lipinski definition) is 4. The normalized spacial score (nSPS) is 9.81. The van der Waals surface area contributed by atoms with E-state index in [0.717, 1.165) is 6.07 Å². The van der Waals surface area contributed by atoms with E-state index in [1.807, 2.05) is 0 Å². The molecule has 0 unspecified atom stereocenters. The summed E-state index contributed by atoms with van der Waals surface area (Å²) in [4.78, 5) is 32.7. The van der Waals surface area contributed by atoms with Gasteiger partial charge in [-0.3, -0.25) is 4.79 Å². The molecule has 0 amide bonds. The van der Waals surface area contributed by atoms with Crippen LogP contribution in [0, 0.1) is 0 Å². The van der Waals surface area contributed by atoms with E-state index in [2.05, 4.69) is 0 Å². The van der Waals surface area contributed by atoms with Crippen molar-refractivity contribution in [3.63, 3.8) is 0 Å². The van der Waals surface area contributed by atoms with Crippen molar-refractivity contribution in [2.75, 3.05) is 5.73 Å². The fourth-order valence-electron chi connectivity index (χ4n) is 1.34. The Morgan fingerprint density at radius 1 is 1.06 bits per heavy atom. The average Bonchev–Trinajstić information content (AvgIpc) is 2.15. The van der Waals surface area contributed by atoms with E-state index < -0.39 is 28.8 Å². The Hall–Kier alpha value is -2.37. The third-order valence-electron chi connectivity index (χ3n) is 2.07. The molecular formula is C10H9NO5. The number of nitrogens with two attached hydrogens (primary N) is 1. The van der Waals surface area contributed by atoms with Gasteiger partial charge in [-0.1, -0.05) is 0 Å². The predicted molar refractivity (Wildman–Crippen MR) is 54.8 cm³/mol. The fourth-order valence-corrected chi connectivity index (χ4v) is 1.34. The molecule has 16 heavy (non-hydrogen) atoms. The van der Waals surface area contributed by atoms with Crippen molar-refractivity contribution in [2.45, 2.75) is 6.92 Å². The van der Waals surface area contributed by atoms with Crippen LogP contribution in [0.4, 0.5) is 5.69 Å². The second-order valence-corrected chi connectivity index (χ2v) is 3.12. The summed E-state index contributed by atoms with van der Waals surface area (Å²) in [6, 6.07) is 2.26. The molecule has 0 saturated carbocycles. The Labute approximate surface area is 90.3 Å². The first-order chi connectivity index (χ1) is 7.36. The quantitative estimate of drug-likeness (QED) is 0.516. The molecule has 0 heterocycles. The molecule has 4 N–H and O–H groups in total. The van der Waals surface area contributed by atoms with Crippen molar-refractivity contribution >= 4 is 23.4 Å². The molecule has 0 saturated heterocycles. The lowest BCUT2D eigenvalue weighted by Gasteiger charge is -2.08. The fraction of sp³-hybridized carbons (Fsp3) is 0.100. The highest BCUT2D eigenvalue weighted by Crippen LogP contribution is 2.22. The molecule has 0 aliphatic heterocycles. The number of carbonyl (C=O) groups is 3. The van der Waals surface area contributed by atoms with Crippen LogP contribution >= 0.6 is 0 Å². The van der Waals surface area contributed by atoms with Crippen LogP contribution < -0.4 is 5.73 Å². The summed E-state index contributed by atoms with van der Waals surface area (Å²) < 4.78 is 0. The maximum Gasteiger partial charge on any atom is 0.338 e. The van der Waals surface area contributed by atoms with Gasteiger partial charge >= 0.3 is 11.9 Å². The number of benzene rings is 1. The zero-order chi connectivity index (χ0) is 12.5. The number of carbonyl (C=O) groups excluding carboxylic acids is 1. The average molecular weight is 223 g/mol. The predicted octanol–water partition coefficient (Wildman–Crippen LogP) is 0.868. The Bertz CT molecular complexity index is 492. The van der Waals surface area contributed by atoms with Crippen molar-refractivity contribution in [1.29, 1.82) is 0 Å². The first-order valence-electron chi connectivity index (χ1n) is 4.26. The zero-order valence-electron chi connectivity index (χ0n) is 8.35. The van der Waals surface area contributed by atoms with Crippen LogP contribution in [-0.2, 0) is 0 Å². The van der Waals surface area contributed by atoms with Crippen molar-refractivity contribution in [3.05, 3.63) is 28.8 Å². The molecule has 6 heteroatoms. The Morgan fingerprint density at radius 3 is 1.94 bits per heavy atom. The van der Waals surface area contributed by atoms with Gasteiger partial charge in [0.1, 0.15) is 0 Å². The highest BCUT2D eigenvalue weighted by molar-refractivity contribution is 6.10. The standard InChI is InChI=1S/C10H9NO5/c1-4(12)5-2-3-6(9(13)14)7(8(5)11)10(15)16/h2-3H,11H2,1H3,(H,13,14)(H,15,16). The molecular weight excluding hydrogens is 214 g/mol. The van der Waals surface area contributed by atoms with E-state index in [4.69, 9.17) is 15.9 Å². The van der Waals surface area contributed by atoms with Crippen LogP contribution in [-0.4, -0.2) is 27.9 Å². The highest BCUT2D eigenvalue weighted by Gasteiger charge is 2.22. The van der Waals surface area contributed by atoms with Crippen LogP contribution in [0.2, 0.25) is 0 Å². The Balaban J connectivity index is 3.60. The molecule has 0 bridgehead atoms. The summed E-state index contributed by atoms with van der Waals surface area (Å²) in [6.07, 6.45) is 0. The molecule has 0 aliphatic carbocycles. The van der Waals surface area contributed by atoms with Crippen molar-refractivity contribution in [3.8, 4) is 0 Å². The Morgan fingerprint density at radius 2 is 1.56 bits per heavy atom. The number of anilines is 1. The second kappa shape index (κ2) is 4.01. The van der Waals surface area contributed by atoms with Gasteiger partial charge in [0.05, 0.1) is 16.8 Å². The first kappa shape index (κ1) is 11.7. The lowest BCUT2D eigenvalue weighted by Crippen LogP contribution is -2.14. The van der Waals surface area contributed by atoms with Gasteiger partial charge in [0, 0.05) is 5.56 Å². The van der Waals surface area contributed by atoms with E-state index in [1.165, 1.54) is 13.0 Å². The summed E-state index contributed by atoms with van der Waals surface area (Å²) in [6.45, 7) is 1.22.